The van der Waals surface area contributed by atoms with Crippen LogP contribution in [0.5, 0.6) is 0 Å². The standard InChI is InChI=1S/C27H33BrF3N5O3/c1-14(2)32-26-34-23-13-35(24(38)17-5-10-22(28)21(12-17)27(29,30)31)15(3)11-20(23)25(39)36(26)19-8-6-18(7-9-19)33-16(4)37/h5,10,12,14-15,18-19H,6-9,11,13H2,1-4H3,(H,32,34)(H,33,37)/t15-,18?,19?/m1/s1. The molecule has 2 aromatic rings. The number of rotatable bonds is 5. The second-order valence-electron chi connectivity index (χ2n) is 10.7. The Morgan fingerprint density at radius 2 is 1.82 bits per heavy atom. The Morgan fingerprint density at radius 1 is 1.15 bits per heavy atom. The number of anilines is 1. The van der Waals surface area contributed by atoms with Crippen LogP contribution in [0.2, 0.25) is 0 Å². The second-order valence-corrected chi connectivity index (χ2v) is 11.6. The zero-order chi connectivity index (χ0) is 28.6. The van der Waals surface area contributed by atoms with E-state index < -0.39 is 23.7 Å². The molecule has 1 aromatic heterocycles. The van der Waals surface area contributed by atoms with Crippen molar-refractivity contribution in [1.29, 1.82) is 0 Å². The summed E-state index contributed by atoms with van der Waals surface area (Å²) in [4.78, 5) is 44.9. The van der Waals surface area contributed by atoms with Crippen LogP contribution in [0, 0.1) is 0 Å². The maximum atomic E-state index is 13.8. The van der Waals surface area contributed by atoms with Gasteiger partial charge >= 0.3 is 6.18 Å². The Bertz CT molecular complexity index is 1320. The molecular formula is C27H33BrF3N5O3. The quantitative estimate of drug-likeness (QED) is 0.493. The minimum atomic E-state index is -4.61. The number of carbonyl (C=O) groups is 2. The number of fused-ring (bicyclic) bond motifs is 1. The average molecular weight is 612 g/mol. The van der Waals surface area contributed by atoms with Crippen molar-refractivity contribution in [3.63, 3.8) is 0 Å². The van der Waals surface area contributed by atoms with Gasteiger partial charge in [0.15, 0.2) is 0 Å². The van der Waals surface area contributed by atoms with Crippen LogP contribution in [0.4, 0.5) is 19.1 Å². The molecule has 1 saturated carbocycles. The van der Waals surface area contributed by atoms with Crippen molar-refractivity contribution < 1.29 is 22.8 Å². The molecular weight excluding hydrogens is 579 g/mol. The molecule has 1 aliphatic heterocycles. The third-order valence-corrected chi connectivity index (χ3v) is 8.00. The van der Waals surface area contributed by atoms with Gasteiger partial charge < -0.3 is 15.5 Å². The molecule has 2 aliphatic rings. The first-order valence-electron chi connectivity index (χ1n) is 13.1. The van der Waals surface area contributed by atoms with Gasteiger partial charge in [-0.15, -0.1) is 0 Å². The van der Waals surface area contributed by atoms with E-state index in [1.165, 1.54) is 24.0 Å². The van der Waals surface area contributed by atoms with E-state index in [0.717, 1.165) is 18.9 Å². The zero-order valence-corrected chi connectivity index (χ0v) is 23.9. The molecule has 4 rings (SSSR count). The molecule has 8 nitrogen and oxygen atoms in total. The van der Waals surface area contributed by atoms with Crippen LogP contribution in [-0.4, -0.2) is 44.4 Å². The van der Waals surface area contributed by atoms with Crippen LogP contribution < -0.4 is 16.2 Å². The van der Waals surface area contributed by atoms with Crippen molar-refractivity contribution in [2.45, 2.75) is 96.7 Å². The summed E-state index contributed by atoms with van der Waals surface area (Å²) in [7, 11) is 0. The topological polar surface area (TPSA) is 96.3 Å². The van der Waals surface area contributed by atoms with Gasteiger partial charge in [-0.1, -0.05) is 15.9 Å². The number of benzene rings is 1. The highest BCUT2D eigenvalue weighted by Crippen LogP contribution is 2.36. The molecule has 0 unspecified atom stereocenters. The van der Waals surface area contributed by atoms with Gasteiger partial charge in [0.2, 0.25) is 11.9 Å². The normalized spacial score (nSPS) is 21.5. The number of nitrogens with one attached hydrogen (secondary N) is 2. The fraction of sp³-hybridized carbons (Fsp3) is 0.556. The van der Waals surface area contributed by atoms with Crippen LogP contribution in [-0.2, 0) is 23.9 Å². The van der Waals surface area contributed by atoms with E-state index >= 15 is 0 Å². The van der Waals surface area contributed by atoms with E-state index in [4.69, 9.17) is 4.98 Å². The summed E-state index contributed by atoms with van der Waals surface area (Å²) in [5, 5.41) is 6.23. The molecule has 2 heterocycles. The predicted octanol–water partition coefficient (Wildman–Crippen LogP) is 5.05. The van der Waals surface area contributed by atoms with Crippen LogP contribution in [0.25, 0.3) is 0 Å². The summed E-state index contributed by atoms with van der Waals surface area (Å²) in [6, 6.07) is 3.01. The van der Waals surface area contributed by atoms with Gasteiger partial charge in [-0.25, -0.2) is 4.98 Å². The monoisotopic (exact) mass is 611 g/mol. The lowest BCUT2D eigenvalue weighted by molar-refractivity contribution is -0.138. The number of nitrogens with zero attached hydrogens (tertiary/aromatic N) is 3. The first kappa shape index (κ1) is 29.1. The Morgan fingerprint density at radius 3 is 2.41 bits per heavy atom. The molecule has 212 valence electrons. The molecule has 0 bridgehead atoms. The van der Waals surface area contributed by atoms with Crippen molar-refractivity contribution in [2.75, 3.05) is 5.32 Å². The van der Waals surface area contributed by atoms with E-state index in [9.17, 15) is 27.6 Å². The van der Waals surface area contributed by atoms with Crippen molar-refractivity contribution >= 4 is 33.7 Å². The van der Waals surface area contributed by atoms with E-state index in [1.54, 1.807) is 11.5 Å². The molecule has 1 atom stereocenters. The van der Waals surface area contributed by atoms with Crippen LogP contribution in [0.1, 0.15) is 86.6 Å². The smallest absolute Gasteiger partial charge is 0.354 e. The Labute approximate surface area is 233 Å². The van der Waals surface area contributed by atoms with Crippen LogP contribution >= 0.6 is 15.9 Å². The number of alkyl halides is 3. The third kappa shape index (κ3) is 6.31. The molecule has 2 amide bonds. The Balaban J connectivity index is 1.66. The molecule has 12 heteroatoms. The van der Waals surface area contributed by atoms with Crippen molar-refractivity contribution in [3.8, 4) is 0 Å². The van der Waals surface area contributed by atoms with Crippen molar-refractivity contribution in [2.24, 2.45) is 0 Å². The van der Waals surface area contributed by atoms with Crippen molar-refractivity contribution in [3.05, 3.63) is 55.4 Å². The summed E-state index contributed by atoms with van der Waals surface area (Å²) >= 11 is 2.92. The number of halogens is 4. The van der Waals surface area contributed by atoms with Gasteiger partial charge in [-0.2, -0.15) is 13.2 Å². The summed E-state index contributed by atoms with van der Waals surface area (Å²) in [6.07, 6.45) is -1.44. The van der Waals surface area contributed by atoms with Gasteiger partial charge in [-0.3, -0.25) is 19.0 Å². The number of amides is 2. The number of aromatic nitrogens is 2. The molecule has 39 heavy (non-hydrogen) atoms. The highest BCUT2D eigenvalue weighted by molar-refractivity contribution is 9.10. The molecule has 0 saturated heterocycles. The van der Waals surface area contributed by atoms with Gasteiger partial charge in [-0.05, 0) is 71.1 Å². The summed E-state index contributed by atoms with van der Waals surface area (Å²) in [5.74, 6) is -0.201. The summed E-state index contributed by atoms with van der Waals surface area (Å²) < 4.78 is 41.9. The Hall–Kier alpha value is -2.89. The lowest BCUT2D eigenvalue weighted by Crippen LogP contribution is -2.47. The number of hydrogen-bond donors (Lipinski definition) is 2. The predicted molar refractivity (Wildman–Crippen MR) is 145 cm³/mol. The Kier molecular flexibility index (Phi) is 8.44. The van der Waals surface area contributed by atoms with Crippen LogP contribution in [0.15, 0.2) is 27.5 Å². The zero-order valence-electron chi connectivity index (χ0n) is 22.4. The fourth-order valence-electron chi connectivity index (χ4n) is 5.45. The van der Waals surface area contributed by atoms with E-state index in [2.05, 4.69) is 26.6 Å². The molecule has 2 N–H and O–H groups in total. The second kappa shape index (κ2) is 11.3. The minimum Gasteiger partial charge on any atom is -0.354 e. The maximum absolute atomic E-state index is 13.8. The van der Waals surface area contributed by atoms with Crippen LogP contribution in [0.3, 0.4) is 0 Å². The largest absolute Gasteiger partial charge is 0.417 e. The third-order valence-electron chi connectivity index (χ3n) is 7.31. The first-order chi connectivity index (χ1) is 18.3. The van der Waals surface area contributed by atoms with Gasteiger partial charge in [0, 0.05) is 46.7 Å². The van der Waals surface area contributed by atoms with Crippen molar-refractivity contribution in [1.82, 2.24) is 19.8 Å². The average Bonchev–Trinajstić information content (AvgIpc) is 2.84. The maximum Gasteiger partial charge on any atom is 0.417 e. The highest BCUT2D eigenvalue weighted by Gasteiger charge is 2.36. The van der Waals surface area contributed by atoms with Gasteiger partial charge in [0.25, 0.3) is 11.5 Å². The molecule has 1 aliphatic carbocycles. The summed E-state index contributed by atoms with van der Waals surface area (Å²) in [5.41, 5.74) is -0.183. The molecule has 0 spiro atoms. The fourth-order valence-corrected chi connectivity index (χ4v) is 5.92. The molecule has 1 aromatic carbocycles. The summed E-state index contributed by atoms with van der Waals surface area (Å²) in [6.45, 7) is 7.17. The first-order valence-corrected chi connectivity index (χ1v) is 13.9. The van der Waals surface area contributed by atoms with Gasteiger partial charge in [0.05, 0.1) is 17.8 Å². The lowest BCUT2D eigenvalue weighted by atomic mass is 9.90. The highest BCUT2D eigenvalue weighted by atomic mass is 79.9. The number of hydrogen-bond acceptors (Lipinski definition) is 5. The number of carbonyl (C=O) groups excluding carboxylic acids is 2. The van der Waals surface area contributed by atoms with E-state index in [1.807, 2.05) is 13.8 Å². The lowest BCUT2D eigenvalue weighted by Gasteiger charge is -2.36. The molecule has 1 fully saturated rings. The van der Waals surface area contributed by atoms with Gasteiger partial charge in [0.1, 0.15) is 0 Å². The van der Waals surface area contributed by atoms with E-state index in [-0.39, 0.29) is 52.6 Å². The SMILES string of the molecule is CC(=O)NC1CCC(n2c(NC(C)C)nc3c(c2=O)C[C@@H](C)N(C(=O)c2ccc(Br)c(C(F)(F)F)c2)C3)CC1. The minimum absolute atomic E-state index is 0.0132. The van der Waals surface area contributed by atoms with E-state index in [0.29, 0.717) is 30.0 Å². The molecule has 0 radical (unpaired) electrons.